The average Bonchev–Trinajstić information content (AvgIpc) is 2.20. The summed E-state index contributed by atoms with van der Waals surface area (Å²) in [5.74, 6) is 0. The fraction of sp³-hybridized carbons (Fsp3) is 0.462. The van der Waals surface area contributed by atoms with E-state index in [9.17, 15) is 4.79 Å². The van der Waals surface area contributed by atoms with Gasteiger partial charge in [-0.1, -0.05) is 6.07 Å². The molecular weight excluding hydrogens is 186 g/mol. The van der Waals surface area contributed by atoms with Crippen LogP contribution in [0.15, 0.2) is 11.1 Å². The third-order valence-corrected chi connectivity index (χ3v) is 3.06. The van der Waals surface area contributed by atoms with Gasteiger partial charge in [-0.3, -0.25) is 0 Å². The van der Waals surface area contributed by atoms with Crippen LogP contribution in [0.5, 0.6) is 0 Å². The first-order valence-corrected chi connectivity index (χ1v) is 5.17. The Morgan fingerprint density at radius 2 is 1.67 bits per heavy atom. The van der Waals surface area contributed by atoms with Crippen LogP contribution < -0.4 is 0 Å². The molecule has 0 unspecified atom stereocenters. The van der Waals surface area contributed by atoms with Gasteiger partial charge in [-0.2, -0.15) is 0 Å². The van der Waals surface area contributed by atoms with E-state index in [1.807, 2.05) is 0 Å². The van der Waals surface area contributed by atoms with Crippen molar-refractivity contribution in [2.24, 2.45) is 4.99 Å². The van der Waals surface area contributed by atoms with E-state index < -0.39 is 0 Å². The predicted molar refractivity (Wildman–Crippen MR) is 62.1 cm³/mol. The molecule has 0 amide bonds. The minimum absolute atomic E-state index is 0.536. The molecule has 0 N–H and O–H groups in total. The van der Waals surface area contributed by atoms with Gasteiger partial charge in [0.15, 0.2) is 0 Å². The summed E-state index contributed by atoms with van der Waals surface area (Å²) in [5.41, 5.74) is 6.58. The monoisotopic (exact) mass is 203 g/mol. The van der Waals surface area contributed by atoms with E-state index >= 15 is 0 Å². The molecule has 0 radical (unpaired) electrons. The number of benzene rings is 1. The van der Waals surface area contributed by atoms with Gasteiger partial charge in [-0.15, -0.1) is 0 Å². The van der Waals surface area contributed by atoms with Crippen LogP contribution in [0.3, 0.4) is 0 Å². The predicted octanol–water partition coefficient (Wildman–Crippen LogP) is 2.80. The summed E-state index contributed by atoms with van der Waals surface area (Å²) in [6.07, 6.45) is 2.41. The van der Waals surface area contributed by atoms with Crippen molar-refractivity contribution in [1.82, 2.24) is 0 Å². The average molecular weight is 203 g/mol. The van der Waals surface area contributed by atoms with E-state index in [1.54, 1.807) is 6.08 Å². The molecule has 2 heteroatoms. The van der Waals surface area contributed by atoms with Gasteiger partial charge in [0.2, 0.25) is 6.08 Å². The van der Waals surface area contributed by atoms with Crippen LogP contribution >= 0.6 is 0 Å². The lowest BCUT2D eigenvalue weighted by atomic mass is 9.92. The van der Waals surface area contributed by atoms with Crippen molar-refractivity contribution in [1.29, 1.82) is 0 Å². The summed E-state index contributed by atoms with van der Waals surface area (Å²) >= 11 is 0. The van der Waals surface area contributed by atoms with Gasteiger partial charge >= 0.3 is 0 Å². The van der Waals surface area contributed by atoms with Crippen LogP contribution in [-0.4, -0.2) is 12.6 Å². The molecule has 0 bridgehead atoms. The lowest BCUT2D eigenvalue weighted by molar-refractivity contribution is 0.563. The highest BCUT2D eigenvalue weighted by molar-refractivity contribution is 5.44. The Balaban J connectivity index is 3.09. The molecule has 0 spiro atoms. The summed E-state index contributed by atoms with van der Waals surface area (Å²) < 4.78 is 0. The molecule has 1 rings (SSSR count). The van der Waals surface area contributed by atoms with E-state index in [4.69, 9.17) is 0 Å². The molecule has 2 nitrogen and oxygen atoms in total. The summed E-state index contributed by atoms with van der Waals surface area (Å²) in [6.45, 7) is 9.03. The highest BCUT2D eigenvalue weighted by Gasteiger charge is 2.07. The Morgan fingerprint density at radius 1 is 1.13 bits per heavy atom. The Kier molecular flexibility index (Phi) is 3.81. The van der Waals surface area contributed by atoms with Crippen LogP contribution in [-0.2, 0) is 11.2 Å². The van der Waals surface area contributed by atoms with E-state index in [1.165, 1.54) is 27.8 Å². The topological polar surface area (TPSA) is 29.4 Å². The molecule has 0 aliphatic rings. The zero-order valence-electron chi connectivity index (χ0n) is 9.85. The molecule has 0 saturated carbocycles. The minimum atomic E-state index is 0.536. The summed E-state index contributed by atoms with van der Waals surface area (Å²) in [5, 5.41) is 0. The molecule has 0 saturated heterocycles. The zero-order valence-corrected chi connectivity index (χ0v) is 9.85. The van der Waals surface area contributed by atoms with E-state index in [-0.39, 0.29) is 0 Å². The number of isocyanates is 1. The molecule has 0 aromatic heterocycles. The van der Waals surface area contributed by atoms with Gasteiger partial charge in [-0.05, 0) is 61.9 Å². The van der Waals surface area contributed by atoms with Crippen molar-refractivity contribution in [3.05, 3.63) is 33.9 Å². The molecule has 0 aliphatic heterocycles. The first-order valence-electron chi connectivity index (χ1n) is 5.17. The Hall–Kier alpha value is -1.40. The highest BCUT2D eigenvalue weighted by Crippen LogP contribution is 2.21. The van der Waals surface area contributed by atoms with E-state index in [0.29, 0.717) is 6.54 Å². The van der Waals surface area contributed by atoms with Gasteiger partial charge in [0.25, 0.3) is 0 Å². The number of hydrogen-bond acceptors (Lipinski definition) is 2. The number of carbonyl (C=O) groups excluding carboxylic acids is 1. The van der Waals surface area contributed by atoms with Crippen LogP contribution in [0.1, 0.15) is 27.8 Å². The van der Waals surface area contributed by atoms with Crippen molar-refractivity contribution >= 4 is 6.08 Å². The SMILES string of the molecule is Cc1cc(C)c(C)c(CCN=C=O)c1C. The van der Waals surface area contributed by atoms with Crippen molar-refractivity contribution < 1.29 is 4.79 Å². The fourth-order valence-corrected chi connectivity index (χ4v) is 1.89. The van der Waals surface area contributed by atoms with Crippen molar-refractivity contribution in [2.75, 3.05) is 6.54 Å². The third-order valence-electron chi connectivity index (χ3n) is 3.06. The van der Waals surface area contributed by atoms with Crippen LogP contribution in [0.2, 0.25) is 0 Å². The Labute approximate surface area is 91.0 Å². The number of aliphatic imine (C=N–C) groups is 1. The molecule has 0 atom stereocenters. The fourth-order valence-electron chi connectivity index (χ4n) is 1.89. The maximum absolute atomic E-state index is 10.0. The van der Waals surface area contributed by atoms with Gasteiger partial charge in [0.1, 0.15) is 0 Å². The largest absolute Gasteiger partial charge is 0.234 e. The van der Waals surface area contributed by atoms with Gasteiger partial charge < -0.3 is 0 Å². The van der Waals surface area contributed by atoms with Crippen molar-refractivity contribution in [3.8, 4) is 0 Å². The maximum atomic E-state index is 10.0. The molecule has 0 fully saturated rings. The molecule has 80 valence electrons. The number of rotatable bonds is 3. The summed E-state index contributed by atoms with van der Waals surface area (Å²) in [4.78, 5) is 13.6. The van der Waals surface area contributed by atoms with Gasteiger partial charge in [0.05, 0.1) is 6.54 Å². The van der Waals surface area contributed by atoms with Crippen molar-refractivity contribution in [2.45, 2.75) is 34.1 Å². The second-order valence-corrected chi connectivity index (χ2v) is 3.96. The Morgan fingerprint density at radius 3 is 2.13 bits per heavy atom. The summed E-state index contributed by atoms with van der Waals surface area (Å²) in [6, 6.07) is 2.21. The molecule has 0 heterocycles. The highest BCUT2D eigenvalue weighted by atomic mass is 16.1. The first-order chi connectivity index (χ1) is 7.07. The standard InChI is InChI=1S/C13H17NO/c1-9-7-10(2)12(4)13(11(9)3)5-6-14-8-15/h7H,5-6H2,1-4H3. The normalized spacial score (nSPS) is 9.87. The molecular formula is C13H17NO. The second kappa shape index (κ2) is 4.90. The smallest absolute Gasteiger partial charge is 0.211 e. The molecule has 0 aliphatic carbocycles. The van der Waals surface area contributed by atoms with Gasteiger partial charge in [-0.25, -0.2) is 9.79 Å². The molecule has 15 heavy (non-hydrogen) atoms. The van der Waals surface area contributed by atoms with Crippen LogP contribution in [0.25, 0.3) is 0 Å². The minimum Gasteiger partial charge on any atom is -0.211 e. The maximum Gasteiger partial charge on any atom is 0.234 e. The number of aryl methyl sites for hydroxylation is 2. The van der Waals surface area contributed by atoms with Crippen molar-refractivity contribution in [3.63, 3.8) is 0 Å². The Bertz CT molecular complexity index is 389. The molecule has 1 aromatic carbocycles. The van der Waals surface area contributed by atoms with E-state index in [0.717, 1.165) is 6.42 Å². The lowest BCUT2D eigenvalue weighted by Crippen LogP contribution is -2.01. The second-order valence-electron chi connectivity index (χ2n) is 3.96. The van der Waals surface area contributed by atoms with Crippen LogP contribution in [0.4, 0.5) is 0 Å². The lowest BCUT2D eigenvalue weighted by Gasteiger charge is -2.14. The van der Waals surface area contributed by atoms with Crippen LogP contribution in [0, 0.1) is 27.7 Å². The molecule has 1 aromatic rings. The first kappa shape index (κ1) is 11.7. The summed E-state index contributed by atoms with van der Waals surface area (Å²) in [7, 11) is 0. The third kappa shape index (κ3) is 2.54. The van der Waals surface area contributed by atoms with E-state index in [2.05, 4.69) is 38.8 Å². The quantitative estimate of drug-likeness (QED) is 0.548. The number of hydrogen-bond donors (Lipinski definition) is 0. The number of nitrogens with zero attached hydrogens (tertiary/aromatic N) is 1. The van der Waals surface area contributed by atoms with Gasteiger partial charge in [0, 0.05) is 0 Å². The zero-order chi connectivity index (χ0) is 11.4.